The lowest BCUT2D eigenvalue weighted by Gasteiger charge is -2.37. The van der Waals surface area contributed by atoms with Gasteiger partial charge < -0.3 is 14.8 Å². The van der Waals surface area contributed by atoms with Gasteiger partial charge in [0.15, 0.2) is 0 Å². The number of nitrogens with one attached hydrogen (secondary N) is 1. The zero-order valence-electron chi connectivity index (χ0n) is 15.7. The Morgan fingerprint density at radius 1 is 1.04 bits per heavy atom. The van der Waals surface area contributed by atoms with E-state index in [9.17, 15) is 9.18 Å². The predicted molar refractivity (Wildman–Crippen MR) is 103 cm³/mol. The van der Waals surface area contributed by atoms with Gasteiger partial charge in [0.05, 0.1) is 13.5 Å². The van der Waals surface area contributed by atoms with Crippen molar-refractivity contribution in [2.75, 3.05) is 20.3 Å². The quantitative estimate of drug-likeness (QED) is 0.747. The molecule has 4 nitrogen and oxygen atoms in total. The molecule has 1 fully saturated rings. The van der Waals surface area contributed by atoms with Crippen molar-refractivity contribution in [1.29, 1.82) is 0 Å². The van der Waals surface area contributed by atoms with E-state index in [0.717, 1.165) is 29.5 Å². The van der Waals surface area contributed by atoms with Crippen LogP contribution in [0.5, 0.6) is 0 Å². The van der Waals surface area contributed by atoms with Crippen LogP contribution < -0.4 is 5.32 Å². The zero-order chi connectivity index (χ0) is 19.1. The molecule has 3 rings (SSSR count). The summed E-state index contributed by atoms with van der Waals surface area (Å²) in [6, 6.07) is 15.8. The molecule has 5 heteroatoms. The smallest absolute Gasteiger partial charge is 0.307 e. The monoisotopic (exact) mass is 371 g/mol. The van der Waals surface area contributed by atoms with E-state index in [0.29, 0.717) is 31.7 Å². The molecular formula is C22H26FNO3. The fraction of sp³-hybridized carbons (Fsp3) is 0.409. The van der Waals surface area contributed by atoms with Gasteiger partial charge in [-0.05, 0) is 35.1 Å². The Hall–Kier alpha value is -2.24. The molecule has 0 amide bonds. The van der Waals surface area contributed by atoms with Gasteiger partial charge in [-0.15, -0.1) is 0 Å². The van der Waals surface area contributed by atoms with Crippen molar-refractivity contribution >= 4 is 5.97 Å². The summed E-state index contributed by atoms with van der Waals surface area (Å²) in [6.45, 7) is 1.54. The molecular weight excluding hydrogens is 345 g/mol. The normalized spacial score (nSPS) is 16.1. The molecule has 0 aliphatic carbocycles. The zero-order valence-corrected chi connectivity index (χ0v) is 15.7. The Balaban J connectivity index is 1.65. The van der Waals surface area contributed by atoms with Crippen molar-refractivity contribution in [3.63, 3.8) is 0 Å². The van der Waals surface area contributed by atoms with Crippen LogP contribution in [0.3, 0.4) is 0 Å². The summed E-state index contributed by atoms with van der Waals surface area (Å²) in [5, 5.41) is 3.57. The molecule has 1 heterocycles. The van der Waals surface area contributed by atoms with Gasteiger partial charge in [-0.1, -0.05) is 48.5 Å². The first-order valence-electron chi connectivity index (χ1n) is 9.28. The number of methoxy groups -OCH3 is 1. The summed E-state index contributed by atoms with van der Waals surface area (Å²) in [6.07, 6.45) is 1.94. The third-order valence-electron chi connectivity index (χ3n) is 5.22. The Labute approximate surface area is 159 Å². The minimum atomic E-state index is -0.441. The second-order valence-electron chi connectivity index (χ2n) is 7.03. The van der Waals surface area contributed by atoms with Crippen LogP contribution in [-0.4, -0.2) is 31.8 Å². The summed E-state index contributed by atoms with van der Waals surface area (Å²) in [5.74, 6) is -0.198. The van der Waals surface area contributed by atoms with Crippen molar-refractivity contribution in [3.05, 3.63) is 59.7 Å². The average molecular weight is 371 g/mol. The van der Waals surface area contributed by atoms with Gasteiger partial charge in [0.25, 0.3) is 0 Å². The Morgan fingerprint density at radius 2 is 1.59 bits per heavy atom. The molecule has 1 N–H and O–H groups in total. The first-order chi connectivity index (χ1) is 13.1. The Bertz CT molecular complexity index is 737. The molecule has 1 saturated heterocycles. The Kier molecular flexibility index (Phi) is 6.58. The van der Waals surface area contributed by atoms with Crippen molar-refractivity contribution in [2.45, 2.75) is 38.0 Å². The van der Waals surface area contributed by atoms with Crippen molar-refractivity contribution < 1.29 is 18.7 Å². The number of benzene rings is 2. The molecule has 0 radical (unpaired) electrons. The maximum Gasteiger partial charge on any atom is 0.307 e. The van der Waals surface area contributed by atoms with E-state index >= 15 is 0 Å². The number of carbonyl (C=O) groups excluding carboxylic acids is 1. The van der Waals surface area contributed by atoms with Crippen LogP contribution in [0.1, 0.15) is 30.4 Å². The summed E-state index contributed by atoms with van der Waals surface area (Å²) < 4.78 is 23.0. The summed E-state index contributed by atoms with van der Waals surface area (Å²) >= 11 is 0. The van der Waals surface area contributed by atoms with Gasteiger partial charge in [0.2, 0.25) is 0 Å². The second kappa shape index (κ2) is 9.11. The van der Waals surface area contributed by atoms with Crippen LogP contribution >= 0.6 is 0 Å². The molecule has 2 aromatic carbocycles. The maximum absolute atomic E-state index is 12.6. The van der Waals surface area contributed by atoms with Crippen LogP contribution in [-0.2, 0) is 27.5 Å². The second-order valence-corrected chi connectivity index (χ2v) is 7.03. The van der Waals surface area contributed by atoms with Crippen molar-refractivity contribution in [1.82, 2.24) is 5.32 Å². The molecule has 1 aliphatic rings. The van der Waals surface area contributed by atoms with Crippen molar-refractivity contribution in [3.8, 4) is 11.1 Å². The molecule has 0 atom stereocenters. The largest absolute Gasteiger partial charge is 0.469 e. The number of carbonyl (C=O) groups is 1. The number of hydrogen-bond donors (Lipinski definition) is 1. The SMILES string of the molecule is COC(=O)CC1(NCc2ccc(-c3ccc(CF)cc3)cc2)CCOCC1. The minimum Gasteiger partial charge on any atom is -0.469 e. The first-order valence-corrected chi connectivity index (χ1v) is 9.28. The molecule has 1 aliphatic heterocycles. The number of esters is 1. The van der Waals surface area contributed by atoms with Crippen LogP contribution in [0.15, 0.2) is 48.5 Å². The first kappa shape index (κ1) is 19.5. The van der Waals surface area contributed by atoms with E-state index in [4.69, 9.17) is 9.47 Å². The van der Waals surface area contributed by atoms with E-state index in [1.165, 1.54) is 7.11 Å². The van der Waals surface area contributed by atoms with Gasteiger partial charge >= 0.3 is 5.97 Å². The standard InChI is InChI=1S/C22H26FNO3/c1-26-21(25)14-22(10-12-27-13-11-22)24-16-18-4-8-20(9-5-18)19-6-2-17(15-23)3-7-19/h2-9,24H,10-16H2,1H3. The van der Waals surface area contributed by atoms with Crippen LogP contribution in [0.25, 0.3) is 11.1 Å². The number of hydrogen-bond acceptors (Lipinski definition) is 4. The Morgan fingerprint density at radius 3 is 2.11 bits per heavy atom. The van der Waals surface area contributed by atoms with Gasteiger partial charge in [0.1, 0.15) is 6.67 Å². The number of ether oxygens (including phenoxy) is 2. The van der Waals surface area contributed by atoms with E-state index in [2.05, 4.69) is 29.6 Å². The molecule has 0 spiro atoms. The topological polar surface area (TPSA) is 47.6 Å². The van der Waals surface area contributed by atoms with E-state index < -0.39 is 6.67 Å². The number of alkyl halides is 1. The third kappa shape index (κ3) is 5.15. The van der Waals surface area contributed by atoms with Crippen molar-refractivity contribution in [2.24, 2.45) is 0 Å². The summed E-state index contributed by atoms with van der Waals surface area (Å²) in [5.41, 5.74) is 3.73. The number of rotatable bonds is 7. The predicted octanol–water partition coefficient (Wildman–Crippen LogP) is 4.03. The highest BCUT2D eigenvalue weighted by Gasteiger charge is 2.34. The molecule has 0 unspecified atom stereocenters. The van der Waals surface area contributed by atoms with Crippen LogP contribution in [0.2, 0.25) is 0 Å². The fourth-order valence-corrected chi connectivity index (χ4v) is 3.42. The average Bonchev–Trinajstić information content (AvgIpc) is 2.73. The fourth-order valence-electron chi connectivity index (χ4n) is 3.42. The highest BCUT2D eigenvalue weighted by molar-refractivity contribution is 5.70. The lowest BCUT2D eigenvalue weighted by atomic mass is 9.86. The van der Waals surface area contributed by atoms with Gasteiger partial charge in [-0.2, -0.15) is 0 Å². The summed E-state index contributed by atoms with van der Waals surface area (Å²) in [7, 11) is 1.42. The molecule has 0 aromatic heterocycles. The van der Waals surface area contributed by atoms with Gasteiger partial charge in [0, 0.05) is 25.3 Å². The molecule has 0 saturated carbocycles. The van der Waals surface area contributed by atoms with Crippen LogP contribution in [0.4, 0.5) is 4.39 Å². The molecule has 2 aromatic rings. The molecule has 144 valence electrons. The highest BCUT2D eigenvalue weighted by atomic mass is 19.1. The molecule has 0 bridgehead atoms. The highest BCUT2D eigenvalue weighted by Crippen LogP contribution is 2.26. The lowest BCUT2D eigenvalue weighted by molar-refractivity contribution is -0.143. The lowest BCUT2D eigenvalue weighted by Crippen LogP contribution is -2.50. The minimum absolute atomic E-state index is 0.198. The number of halogens is 1. The van der Waals surface area contributed by atoms with Gasteiger partial charge in [-0.25, -0.2) is 4.39 Å². The molecule has 27 heavy (non-hydrogen) atoms. The maximum atomic E-state index is 12.6. The van der Waals surface area contributed by atoms with E-state index in [1.807, 2.05) is 24.3 Å². The van der Waals surface area contributed by atoms with Crippen LogP contribution in [0, 0.1) is 0 Å². The third-order valence-corrected chi connectivity index (χ3v) is 5.22. The van der Waals surface area contributed by atoms with E-state index in [1.54, 1.807) is 0 Å². The van der Waals surface area contributed by atoms with E-state index in [-0.39, 0.29) is 11.5 Å². The van der Waals surface area contributed by atoms with Gasteiger partial charge in [-0.3, -0.25) is 4.79 Å². The summed E-state index contributed by atoms with van der Waals surface area (Å²) in [4.78, 5) is 11.8.